The van der Waals surface area contributed by atoms with Gasteiger partial charge >= 0.3 is 0 Å². The highest BCUT2D eigenvalue weighted by Gasteiger charge is 2.33. The third kappa shape index (κ3) is 3.57. The molecule has 32 heavy (non-hydrogen) atoms. The minimum absolute atomic E-state index is 0.0727. The summed E-state index contributed by atoms with van der Waals surface area (Å²) in [6, 6.07) is 7.59. The van der Waals surface area contributed by atoms with Crippen molar-refractivity contribution in [1.82, 2.24) is 14.8 Å². The molecule has 2 aromatic rings. The number of anilines is 2. The Hall–Kier alpha value is -3.16. The van der Waals surface area contributed by atoms with E-state index in [9.17, 15) is 14.0 Å². The molecule has 1 fully saturated rings. The molecule has 1 aromatic heterocycles. The van der Waals surface area contributed by atoms with Gasteiger partial charge in [0.15, 0.2) is 11.6 Å². The van der Waals surface area contributed by atoms with E-state index in [0.717, 1.165) is 16.8 Å². The summed E-state index contributed by atoms with van der Waals surface area (Å²) in [7, 11) is 0. The van der Waals surface area contributed by atoms with Crippen molar-refractivity contribution in [2.45, 2.75) is 38.9 Å². The van der Waals surface area contributed by atoms with E-state index in [-0.39, 0.29) is 11.8 Å². The Morgan fingerprint density at radius 2 is 2.00 bits per heavy atom. The number of hydrogen-bond donors (Lipinski definition) is 0. The van der Waals surface area contributed by atoms with Crippen LogP contribution in [-0.4, -0.2) is 65.1 Å². The summed E-state index contributed by atoms with van der Waals surface area (Å²) in [5, 5.41) is 0. The van der Waals surface area contributed by atoms with Crippen molar-refractivity contribution in [3.05, 3.63) is 47.2 Å². The highest BCUT2D eigenvalue weighted by atomic mass is 19.1. The molecule has 4 heterocycles. The van der Waals surface area contributed by atoms with Gasteiger partial charge in [0.05, 0.1) is 12.1 Å². The lowest BCUT2D eigenvalue weighted by Crippen LogP contribution is -2.43. The Morgan fingerprint density at radius 1 is 1.22 bits per heavy atom. The maximum atomic E-state index is 14.1. The Labute approximate surface area is 186 Å². The van der Waals surface area contributed by atoms with E-state index in [2.05, 4.69) is 9.88 Å². The first-order valence-corrected chi connectivity index (χ1v) is 11.2. The molecule has 3 aliphatic rings. The molecule has 0 bridgehead atoms. The van der Waals surface area contributed by atoms with Gasteiger partial charge in [-0.2, -0.15) is 0 Å². The number of piperidine rings is 1. The minimum atomic E-state index is -1.21. The largest absolute Gasteiger partial charge is 0.488 e. The van der Waals surface area contributed by atoms with E-state index in [0.29, 0.717) is 69.3 Å². The Morgan fingerprint density at radius 3 is 2.75 bits per heavy atom. The number of rotatable bonds is 3. The number of fused-ring (bicyclic) bond motifs is 2. The number of carbonyl (C=O) groups excluding carboxylic acids is 2. The van der Waals surface area contributed by atoms with Crippen LogP contribution in [-0.2, 0) is 6.54 Å². The lowest BCUT2D eigenvalue weighted by atomic mass is 9.95. The number of likely N-dealkylation sites (tertiary alicyclic amines) is 1. The Bertz CT molecular complexity index is 1080. The summed E-state index contributed by atoms with van der Waals surface area (Å²) in [5.41, 5.74) is 1.96. The fourth-order valence-corrected chi connectivity index (χ4v) is 4.62. The maximum absolute atomic E-state index is 14.1. The van der Waals surface area contributed by atoms with E-state index in [1.165, 1.54) is 0 Å². The monoisotopic (exact) mass is 438 g/mol. The van der Waals surface area contributed by atoms with E-state index in [4.69, 9.17) is 4.74 Å². The fraction of sp³-hybridized carbons (Fsp3) is 0.458. The first-order chi connectivity index (χ1) is 15.4. The molecule has 0 N–H and O–H groups in total. The first-order valence-electron chi connectivity index (χ1n) is 11.2. The molecule has 0 saturated carbocycles. The van der Waals surface area contributed by atoms with Crippen molar-refractivity contribution in [3.8, 4) is 5.75 Å². The Kier molecular flexibility index (Phi) is 5.03. The average Bonchev–Trinajstić information content (AvgIpc) is 3.12. The van der Waals surface area contributed by atoms with Crippen molar-refractivity contribution >= 4 is 23.3 Å². The van der Waals surface area contributed by atoms with Crippen LogP contribution in [0.5, 0.6) is 5.75 Å². The van der Waals surface area contributed by atoms with Gasteiger partial charge in [0.1, 0.15) is 12.3 Å². The van der Waals surface area contributed by atoms with Gasteiger partial charge in [-0.15, -0.1) is 0 Å². The smallest absolute Gasteiger partial charge is 0.255 e. The SMILES string of the molecule is CCN1Cc2cc(N3CCOc4cc(C(=O)N5CCC(C)(F)CC5)cnc43)ccc2C1=O. The molecule has 0 aliphatic carbocycles. The topological polar surface area (TPSA) is 66.0 Å². The van der Waals surface area contributed by atoms with Crippen LogP contribution in [0.25, 0.3) is 0 Å². The summed E-state index contributed by atoms with van der Waals surface area (Å²) in [4.78, 5) is 35.5. The molecule has 168 valence electrons. The molecule has 8 heteroatoms. The van der Waals surface area contributed by atoms with E-state index in [1.807, 2.05) is 30.0 Å². The molecule has 5 rings (SSSR count). The number of amides is 2. The quantitative estimate of drug-likeness (QED) is 0.733. The number of halogens is 1. The highest BCUT2D eigenvalue weighted by Crippen LogP contribution is 2.37. The molecule has 1 saturated heterocycles. The van der Waals surface area contributed by atoms with E-state index < -0.39 is 5.67 Å². The van der Waals surface area contributed by atoms with Gasteiger partial charge in [-0.3, -0.25) is 9.59 Å². The lowest BCUT2D eigenvalue weighted by molar-refractivity contribution is 0.0503. The Balaban J connectivity index is 1.39. The lowest BCUT2D eigenvalue weighted by Gasteiger charge is -2.34. The summed E-state index contributed by atoms with van der Waals surface area (Å²) < 4.78 is 19.9. The highest BCUT2D eigenvalue weighted by molar-refractivity contribution is 5.99. The number of carbonyl (C=O) groups is 2. The van der Waals surface area contributed by atoms with Gasteiger partial charge < -0.3 is 19.4 Å². The van der Waals surface area contributed by atoms with Crippen molar-refractivity contribution < 1.29 is 18.7 Å². The van der Waals surface area contributed by atoms with Crippen LogP contribution in [0.2, 0.25) is 0 Å². The van der Waals surface area contributed by atoms with Crippen LogP contribution >= 0.6 is 0 Å². The van der Waals surface area contributed by atoms with Gasteiger partial charge in [-0.1, -0.05) is 0 Å². The average molecular weight is 439 g/mol. The van der Waals surface area contributed by atoms with Crippen molar-refractivity contribution in [2.24, 2.45) is 0 Å². The molecule has 2 amide bonds. The summed E-state index contributed by atoms with van der Waals surface area (Å²) >= 11 is 0. The third-order valence-corrected chi connectivity index (χ3v) is 6.66. The van der Waals surface area contributed by atoms with Crippen LogP contribution < -0.4 is 9.64 Å². The van der Waals surface area contributed by atoms with Gasteiger partial charge in [0, 0.05) is 43.6 Å². The number of aromatic nitrogens is 1. The van der Waals surface area contributed by atoms with E-state index >= 15 is 0 Å². The first kappa shape index (κ1) is 20.7. The summed E-state index contributed by atoms with van der Waals surface area (Å²) in [6.07, 6.45) is 2.26. The predicted molar refractivity (Wildman–Crippen MR) is 118 cm³/mol. The van der Waals surface area contributed by atoms with Crippen LogP contribution in [0.15, 0.2) is 30.5 Å². The van der Waals surface area contributed by atoms with Crippen molar-refractivity contribution in [1.29, 1.82) is 0 Å². The van der Waals surface area contributed by atoms with Crippen LogP contribution in [0.1, 0.15) is 53.0 Å². The zero-order chi connectivity index (χ0) is 22.5. The van der Waals surface area contributed by atoms with Crippen LogP contribution in [0.3, 0.4) is 0 Å². The second kappa shape index (κ2) is 7.76. The second-order valence-electron chi connectivity index (χ2n) is 8.91. The molecule has 0 unspecified atom stereocenters. The molecule has 3 aliphatic heterocycles. The van der Waals surface area contributed by atoms with Gasteiger partial charge in [0.25, 0.3) is 11.8 Å². The van der Waals surface area contributed by atoms with Crippen LogP contribution in [0, 0.1) is 0 Å². The summed E-state index contributed by atoms with van der Waals surface area (Å²) in [5.74, 6) is 1.14. The number of pyridine rings is 1. The number of hydrogen-bond acceptors (Lipinski definition) is 5. The number of alkyl halides is 1. The second-order valence-corrected chi connectivity index (χ2v) is 8.91. The zero-order valence-corrected chi connectivity index (χ0v) is 18.4. The third-order valence-electron chi connectivity index (χ3n) is 6.66. The normalized spacial score (nSPS) is 19.5. The zero-order valence-electron chi connectivity index (χ0n) is 18.4. The van der Waals surface area contributed by atoms with Gasteiger partial charge in [-0.05, 0) is 56.5 Å². The standard InChI is InChI=1S/C24H27FN4O3/c1-3-27-15-17-12-18(4-5-19(17)23(27)31)29-10-11-32-20-13-16(14-26-21(20)29)22(30)28-8-6-24(2,25)7-9-28/h4-5,12-14H,3,6-11,15H2,1-2H3. The van der Waals surface area contributed by atoms with Gasteiger partial charge in [-0.25, -0.2) is 9.37 Å². The maximum Gasteiger partial charge on any atom is 0.255 e. The van der Waals surface area contributed by atoms with E-state index in [1.54, 1.807) is 24.1 Å². The number of ether oxygens (including phenoxy) is 1. The predicted octanol–water partition coefficient (Wildman–Crippen LogP) is 3.55. The van der Waals surface area contributed by atoms with Crippen LogP contribution in [0.4, 0.5) is 15.9 Å². The number of benzene rings is 1. The molecular formula is C24H27FN4O3. The van der Waals surface area contributed by atoms with Gasteiger partial charge in [0.2, 0.25) is 0 Å². The molecule has 0 radical (unpaired) electrons. The minimum Gasteiger partial charge on any atom is -0.488 e. The molecule has 1 aromatic carbocycles. The molecule has 0 atom stereocenters. The summed E-state index contributed by atoms with van der Waals surface area (Å²) in [6.45, 7) is 6.76. The van der Waals surface area contributed by atoms with Crippen molar-refractivity contribution in [3.63, 3.8) is 0 Å². The number of nitrogens with zero attached hydrogens (tertiary/aromatic N) is 4. The van der Waals surface area contributed by atoms with Crippen molar-refractivity contribution in [2.75, 3.05) is 37.7 Å². The molecule has 7 nitrogen and oxygen atoms in total. The molecule has 0 spiro atoms. The fourth-order valence-electron chi connectivity index (χ4n) is 4.62. The molecular weight excluding hydrogens is 411 g/mol.